The quantitative estimate of drug-likeness (QED) is 0.819. The van der Waals surface area contributed by atoms with E-state index in [1.165, 1.54) is 0 Å². The lowest BCUT2D eigenvalue weighted by molar-refractivity contribution is -0.151. The number of ether oxygens (including phenoxy) is 1. The Balaban J connectivity index is 1.68. The molecule has 0 spiro atoms. The molecule has 0 aromatic heterocycles. The monoisotopic (exact) mass is 360 g/mol. The van der Waals surface area contributed by atoms with Gasteiger partial charge in [-0.15, -0.1) is 0 Å². The minimum absolute atomic E-state index is 0.142. The van der Waals surface area contributed by atoms with Crippen LogP contribution in [0.2, 0.25) is 0 Å². The molecule has 2 aliphatic rings. The predicted octanol–water partition coefficient (Wildman–Crippen LogP) is 1.36. The molecular weight excluding hydrogens is 336 g/mol. The lowest BCUT2D eigenvalue weighted by Crippen LogP contribution is -2.49. The third-order valence-corrected chi connectivity index (χ3v) is 5.16. The first kappa shape index (κ1) is 18.4. The van der Waals surface area contributed by atoms with E-state index >= 15 is 0 Å². The lowest BCUT2D eigenvalue weighted by atomic mass is 10.1. The Bertz CT molecular complexity index is 733. The van der Waals surface area contributed by atoms with Crippen LogP contribution in [0, 0.1) is 19.8 Å². The van der Waals surface area contributed by atoms with Crippen molar-refractivity contribution < 1.29 is 24.2 Å². The summed E-state index contributed by atoms with van der Waals surface area (Å²) in [6, 6.07) is 5.86. The van der Waals surface area contributed by atoms with Crippen molar-refractivity contribution in [3.63, 3.8) is 0 Å². The van der Waals surface area contributed by atoms with Gasteiger partial charge in [0, 0.05) is 25.3 Å². The molecule has 2 aliphatic heterocycles. The van der Waals surface area contributed by atoms with Gasteiger partial charge in [0.15, 0.2) is 0 Å². The molecular formula is C19H24N2O5. The Morgan fingerprint density at radius 3 is 2.69 bits per heavy atom. The molecule has 1 aromatic carbocycles. The molecule has 2 heterocycles. The van der Waals surface area contributed by atoms with E-state index in [2.05, 4.69) is 0 Å². The van der Waals surface area contributed by atoms with E-state index in [1.54, 1.807) is 9.80 Å². The standard InChI is InChI=1S/C19H24N2O5/c1-12-3-4-14(9-13(12)2)21-6-5-16(19(21)25)18(24)20-7-8-26-15(11-20)10-17(22)23/h3-4,9,15-16H,5-8,10-11H2,1-2H3,(H,22,23)/t15-,16+/m1/s1. The van der Waals surface area contributed by atoms with Gasteiger partial charge in [0.25, 0.3) is 0 Å². The van der Waals surface area contributed by atoms with Crippen molar-refractivity contribution in [3.8, 4) is 0 Å². The van der Waals surface area contributed by atoms with Crippen LogP contribution in [0.5, 0.6) is 0 Å². The number of amides is 2. The molecule has 26 heavy (non-hydrogen) atoms. The van der Waals surface area contributed by atoms with E-state index in [4.69, 9.17) is 9.84 Å². The Morgan fingerprint density at radius 2 is 2.00 bits per heavy atom. The van der Waals surface area contributed by atoms with Crippen molar-refractivity contribution in [1.82, 2.24) is 4.90 Å². The molecule has 2 saturated heterocycles. The molecule has 1 N–H and O–H groups in total. The number of benzene rings is 1. The highest BCUT2D eigenvalue weighted by atomic mass is 16.5. The van der Waals surface area contributed by atoms with Gasteiger partial charge in [0.2, 0.25) is 11.8 Å². The first-order valence-electron chi connectivity index (χ1n) is 8.87. The molecule has 2 atom stereocenters. The summed E-state index contributed by atoms with van der Waals surface area (Å²) in [5, 5.41) is 8.90. The highest BCUT2D eigenvalue weighted by molar-refractivity contribution is 6.09. The van der Waals surface area contributed by atoms with Crippen LogP contribution >= 0.6 is 0 Å². The maximum absolute atomic E-state index is 12.8. The summed E-state index contributed by atoms with van der Waals surface area (Å²) in [5.41, 5.74) is 3.08. The third-order valence-electron chi connectivity index (χ3n) is 5.16. The predicted molar refractivity (Wildman–Crippen MR) is 94.9 cm³/mol. The normalized spacial score (nSPS) is 23.4. The van der Waals surface area contributed by atoms with Crippen molar-refractivity contribution in [3.05, 3.63) is 29.3 Å². The van der Waals surface area contributed by atoms with E-state index in [9.17, 15) is 14.4 Å². The van der Waals surface area contributed by atoms with Gasteiger partial charge in [-0.2, -0.15) is 0 Å². The highest BCUT2D eigenvalue weighted by Crippen LogP contribution is 2.28. The topological polar surface area (TPSA) is 87.2 Å². The van der Waals surface area contributed by atoms with Crippen LogP contribution in [-0.2, 0) is 19.1 Å². The minimum Gasteiger partial charge on any atom is -0.481 e. The van der Waals surface area contributed by atoms with Crippen molar-refractivity contribution in [2.24, 2.45) is 5.92 Å². The summed E-state index contributed by atoms with van der Waals surface area (Å²) >= 11 is 0. The van der Waals surface area contributed by atoms with Gasteiger partial charge in [0.1, 0.15) is 5.92 Å². The Kier molecular flexibility index (Phi) is 5.27. The summed E-state index contributed by atoms with van der Waals surface area (Å²) in [5.74, 6) is -2.05. The van der Waals surface area contributed by atoms with Crippen LogP contribution in [-0.4, -0.2) is 60.1 Å². The van der Waals surface area contributed by atoms with Crippen LogP contribution in [0.15, 0.2) is 18.2 Å². The SMILES string of the molecule is Cc1ccc(N2CC[C@@H](C(=O)N3CCO[C@H](CC(=O)O)C3)C2=O)cc1C. The number of anilines is 1. The van der Waals surface area contributed by atoms with Crippen LogP contribution in [0.1, 0.15) is 24.0 Å². The summed E-state index contributed by atoms with van der Waals surface area (Å²) in [4.78, 5) is 39.7. The van der Waals surface area contributed by atoms with Gasteiger partial charge < -0.3 is 19.6 Å². The molecule has 0 bridgehead atoms. The fraction of sp³-hybridized carbons (Fsp3) is 0.526. The van der Waals surface area contributed by atoms with E-state index < -0.39 is 18.0 Å². The number of nitrogens with zero attached hydrogens (tertiary/aromatic N) is 2. The third kappa shape index (κ3) is 3.72. The molecule has 2 fully saturated rings. The highest BCUT2D eigenvalue weighted by Gasteiger charge is 2.41. The summed E-state index contributed by atoms with van der Waals surface area (Å²) < 4.78 is 5.40. The molecule has 0 radical (unpaired) electrons. The molecule has 140 valence electrons. The van der Waals surface area contributed by atoms with Gasteiger partial charge in [-0.3, -0.25) is 14.4 Å². The van der Waals surface area contributed by atoms with E-state index in [-0.39, 0.29) is 24.8 Å². The zero-order valence-electron chi connectivity index (χ0n) is 15.1. The first-order valence-corrected chi connectivity index (χ1v) is 8.87. The molecule has 0 saturated carbocycles. The molecule has 1 aromatic rings. The number of carboxylic acids is 1. The Hall–Kier alpha value is -2.41. The van der Waals surface area contributed by atoms with E-state index in [1.807, 2.05) is 32.0 Å². The summed E-state index contributed by atoms with van der Waals surface area (Å²) in [6.07, 6.45) is -0.180. The van der Waals surface area contributed by atoms with Gasteiger partial charge in [-0.1, -0.05) is 6.07 Å². The number of carbonyl (C=O) groups is 3. The fourth-order valence-corrected chi connectivity index (χ4v) is 3.52. The zero-order chi connectivity index (χ0) is 18.8. The lowest BCUT2D eigenvalue weighted by Gasteiger charge is -2.33. The zero-order valence-corrected chi connectivity index (χ0v) is 15.1. The van der Waals surface area contributed by atoms with Crippen LogP contribution in [0.3, 0.4) is 0 Å². The average Bonchev–Trinajstić information content (AvgIpc) is 2.98. The molecule has 2 amide bonds. The second-order valence-corrected chi connectivity index (χ2v) is 6.97. The average molecular weight is 360 g/mol. The van der Waals surface area contributed by atoms with Crippen molar-refractivity contribution >= 4 is 23.5 Å². The summed E-state index contributed by atoms with van der Waals surface area (Å²) in [6.45, 7) is 5.44. The van der Waals surface area contributed by atoms with E-state index in [0.29, 0.717) is 26.1 Å². The smallest absolute Gasteiger partial charge is 0.306 e. The van der Waals surface area contributed by atoms with Gasteiger partial charge in [-0.25, -0.2) is 0 Å². The number of carbonyl (C=O) groups excluding carboxylic acids is 2. The number of hydrogen-bond acceptors (Lipinski definition) is 4. The van der Waals surface area contributed by atoms with Crippen LogP contribution in [0.25, 0.3) is 0 Å². The van der Waals surface area contributed by atoms with Crippen LogP contribution < -0.4 is 4.90 Å². The molecule has 0 aliphatic carbocycles. The van der Waals surface area contributed by atoms with E-state index in [0.717, 1.165) is 16.8 Å². The number of hydrogen-bond donors (Lipinski definition) is 1. The van der Waals surface area contributed by atoms with Gasteiger partial charge in [0.05, 0.1) is 19.1 Å². The maximum Gasteiger partial charge on any atom is 0.306 e. The molecule has 7 heteroatoms. The Labute approximate surface area is 152 Å². The van der Waals surface area contributed by atoms with Crippen molar-refractivity contribution in [2.75, 3.05) is 31.1 Å². The molecule has 7 nitrogen and oxygen atoms in total. The number of aryl methyl sites for hydroxylation is 2. The maximum atomic E-state index is 12.8. The second kappa shape index (κ2) is 7.45. The fourth-order valence-electron chi connectivity index (χ4n) is 3.52. The molecule has 3 rings (SSSR count). The number of carboxylic acid groups (broad SMARTS) is 1. The number of rotatable bonds is 4. The summed E-state index contributed by atoms with van der Waals surface area (Å²) in [7, 11) is 0. The number of morpholine rings is 1. The van der Waals surface area contributed by atoms with Gasteiger partial charge >= 0.3 is 5.97 Å². The number of aliphatic carboxylic acids is 1. The molecule has 0 unspecified atom stereocenters. The Morgan fingerprint density at radius 1 is 1.23 bits per heavy atom. The van der Waals surface area contributed by atoms with Gasteiger partial charge in [-0.05, 0) is 43.5 Å². The minimum atomic E-state index is -0.956. The second-order valence-electron chi connectivity index (χ2n) is 6.97. The van der Waals surface area contributed by atoms with Crippen molar-refractivity contribution in [1.29, 1.82) is 0 Å². The first-order chi connectivity index (χ1) is 12.4. The van der Waals surface area contributed by atoms with Crippen molar-refractivity contribution in [2.45, 2.75) is 32.8 Å². The largest absolute Gasteiger partial charge is 0.481 e. The van der Waals surface area contributed by atoms with Crippen LogP contribution in [0.4, 0.5) is 5.69 Å².